The van der Waals surface area contributed by atoms with Gasteiger partial charge in [0, 0.05) is 0 Å². The summed E-state index contributed by atoms with van der Waals surface area (Å²) in [4.78, 5) is 22.8. The lowest BCUT2D eigenvalue weighted by Gasteiger charge is -2.01. The van der Waals surface area contributed by atoms with Gasteiger partial charge in [-0.2, -0.15) is 5.26 Å². The second-order valence-electron chi connectivity index (χ2n) is 2.62. The lowest BCUT2D eigenvalue weighted by atomic mass is 10.1. The van der Waals surface area contributed by atoms with Gasteiger partial charge in [-0.05, 0) is 16.0 Å². The zero-order chi connectivity index (χ0) is 12.3. The van der Waals surface area contributed by atoms with E-state index >= 15 is 0 Å². The van der Waals surface area contributed by atoms with E-state index in [-0.39, 0.29) is 6.29 Å². The number of halogens is 2. The van der Waals surface area contributed by atoms with Crippen LogP contribution in [0.15, 0.2) is 6.07 Å². The van der Waals surface area contributed by atoms with Crippen LogP contribution in [0.2, 0.25) is 0 Å². The van der Waals surface area contributed by atoms with Crippen molar-refractivity contribution >= 4 is 12.1 Å². The van der Waals surface area contributed by atoms with E-state index in [9.17, 15) is 23.7 Å². The van der Waals surface area contributed by atoms with Gasteiger partial charge in [0.15, 0.2) is 6.29 Å². The van der Waals surface area contributed by atoms with Crippen LogP contribution in [-0.2, 0) is 0 Å². The Kier molecular flexibility index (Phi) is 3.20. The first-order chi connectivity index (χ1) is 7.51. The Morgan fingerprint density at radius 2 is 2.25 bits per heavy atom. The standard InChI is InChI=1S/C8H3F2N3O3/c9-7(10)5-1-4(2-11)6(3-14)12-8(5)13(15)16/h1,3,7H. The van der Waals surface area contributed by atoms with Gasteiger partial charge < -0.3 is 10.1 Å². The highest BCUT2D eigenvalue weighted by Crippen LogP contribution is 2.28. The first-order valence-electron chi connectivity index (χ1n) is 3.84. The molecule has 6 nitrogen and oxygen atoms in total. The van der Waals surface area contributed by atoms with Crippen molar-refractivity contribution in [1.82, 2.24) is 4.98 Å². The molecule has 0 fully saturated rings. The predicted octanol–water partition coefficient (Wildman–Crippen LogP) is 1.61. The molecule has 0 aliphatic rings. The van der Waals surface area contributed by atoms with E-state index in [1.807, 2.05) is 0 Å². The zero-order valence-electron chi connectivity index (χ0n) is 7.55. The van der Waals surface area contributed by atoms with Gasteiger partial charge in [-0.3, -0.25) is 4.79 Å². The zero-order valence-corrected chi connectivity index (χ0v) is 7.55. The van der Waals surface area contributed by atoms with E-state index in [2.05, 4.69) is 4.98 Å². The highest BCUT2D eigenvalue weighted by molar-refractivity contribution is 5.77. The summed E-state index contributed by atoms with van der Waals surface area (Å²) in [5.74, 6) is -1.11. The molecule has 1 heterocycles. The van der Waals surface area contributed by atoms with Crippen molar-refractivity contribution in [1.29, 1.82) is 5.26 Å². The number of carbonyl (C=O) groups excluding carboxylic acids is 1. The number of hydrogen-bond acceptors (Lipinski definition) is 5. The smallest absolute Gasteiger partial charge is 0.358 e. The number of aromatic nitrogens is 1. The van der Waals surface area contributed by atoms with Crippen molar-refractivity contribution in [2.75, 3.05) is 0 Å². The van der Waals surface area contributed by atoms with Crippen molar-refractivity contribution < 1.29 is 18.5 Å². The number of pyridine rings is 1. The SMILES string of the molecule is N#Cc1cc(C(F)F)c([N+](=O)[O-])nc1C=O. The fraction of sp³-hybridized carbons (Fsp3) is 0.125. The summed E-state index contributed by atoms with van der Waals surface area (Å²) in [6, 6.07) is 2.05. The summed E-state index contributed by atoms with van der Waals surface area (Å²) < 4.78 is 24.8. The van der Waals surface area contributed by atoms with Crippen molar-refractivity contribution in [3.05, 3.63) is 33.0 Å². The molecule has 8 heteroatoms. The first-order valence-corrected chi connectivity index (χ1v) is 3.84. The van der Waals surface area contributed by atoms with Crippen LogP contribution >= 0.6 is 0 Å². The number of alkyl halides is 2. The second kappa shape index (κ2) is 4.39. The minimum atomic E-state index is -3.14. The van der Waals surface area contributed by atoms with Crippen molar-refractivity contribution in [3.63, 3.8) is 0 Å². The maximum absolute atomic E-state index is 12.4. The molecular weight excluding hydrogens is 224 g/mol. The molecule has 0 N–H and O–H groups in total. The Bertz CT molecular complexity index is 496. The molecule has 0 spiro atoms. The number of nitro groups is 1. The summed E-state index contributed by atoms with van der Waals surface area (Å²) in [6.45, 7) is 0. The molecule has 0 amide bonds. The quantitative estimate of drug-likeness (QED) is 0.443. The molecule has 1 rings (SSSR count). The van der Waals surface area contributed by atoms with Crippen molar-refractivity contribution in [2.24, 2.45) is 0 Å². The van der Waals surface area contributed by atoms with Crippen LogP contribution in [0.25, 0.3) is 0 Å². The normalized spacial score (nSPS) is 9.88. The minimum absolute atomic E-state index is 0.0980. The lowest BCUT2D eigenvalue weighted by Crippen LogP contribution is -2.04. The Balaban J connectivity index is 3.55. The number of nitrogens with zero attached hydrogens (tertiary/aromatic N) is 3. The summed E-state index contributed by atoms with van der Waals surface area (Å²) in [5, 5.41) is 18.9. The van der Waals surface area contributed by atoms with Crippen LogP contribution < -0.4 is 0 Å². The highest BCUT2D eigenvalue weighted by Gasteiger charge is 2.27. The number of rotatable bonds is 3. The fourth-order valence-corrected chi connectivity index (χ4v) is 1.02. The maximum Gasteiger partial charge on any atom is 0.373 e. The largest absolute Gasteiger partial charge is 0.373 e. The van der Waals surface area contributed by atoms with Gasteiger partial charge in [-0.15, -0.1) is 0 Å². The number of nitriles is 1. The summed E-state index contributed by atoms with van der Waals surface area (Å²) in [7, 11) is 0. The van der Waals surface area contributed by atoms with Gasteiger partial charge in [0.25, 0.3) is 6.43 Å². The molecular formula is C8H3F2N3O3. The van der Waals surface area contributed by atoms with Crippen LogP contribution in [0.4, 0.5) is 14.6 Å². The predicted molar refractivity (Wildman–Crippen MR) is 46.0 cm³/mol. The number of carbonyl (C=O) groups is 1. The minimum Gasteiger partial charge on any atom is -0.358 e. The summed E-state index contributed by atoms with van der Waals surface area (Å²) >= 11 is 0. The third-order valence-corrected chi connectivity index (χ3v) is 1.70. The Labute approximate surface area is 87.3 Å². The highest BCUT2D eigenvalue weighted by atomic mass is 19.3. The van der Waals surface area contributed by atoms with Crippen molar-refractivity contribution in [2.45, 2.75) is 6.43 Å². The molecule has 0 bridgehead atoms. The Hall–Kier alpha value is -2.43. The van der Waals surface area contributed by atoms with Gasteiger partial charge in [0.1, 0.15) is 17.2 Å². The Morgan fingerprint density at radius 1 is 1.62 bits per heavy atom. The van der Waals surface area contributed by atoms with Crippen LogP contribution in [0.3, 0.4) is 0 Å². The van der Waals surface area contributed by atoms with Crippen LogP contribution in [0, 0.1) is 21.4 Å². The maximum atomic E-state index is 12.4. The molecule has 0 unspecified atom stereocenters. The van der Waals surface area contributed by atoms with E-state index < -0.39 is 34.0 Å². The third kappa shape index (κ3) is 1.98. The molecule has 0 saturated carbocycles. The molecule has 0 radical (unpaired) electrons. The molecule has 1 aromatic rings. The van der Waals surface area contributed by atoms with E-state index in [4.69, 9.17) is 5.26 Å². The second-order valence-corrected chi connectivity index (χ2v) is 2.62. The molecule has 1 aromatic heterocycles. The molecule has 0 atom stereocenters. The molecule has 82 valence electrons. The van der Waals surface area contributed by atoms with Crippen LogP contribution in [0.5, 0.6) is 0 Å². The lowest BCUT2D eigenvalue weighted by molar-refractivity contribution is -0.391. The van der Waals surface area contributed by atoms with Gasteiger partial charge in [-0.1, -0.05) is 0 Å². The third-order valence-electron chi connectivity index (χ3n) is 1.70. The monoisotopic (exact) mass is 227 g/mol. The topological polar surface area (TPSA) is 96.9 Å². The van der Waals surface area contributed by atoms with Gasteiger partial charge in [0.2, 0.25) is 5.69 Å². The molecule has 0 saturated heterocycles. The first kappa shape index (κ1) is 11.6. The summed E-state index contributed by atoms with van der Waals surface area (Å²) in [5.41, 5.74) is -1.93. The van der Waals surface area contributed by atoms with Gasteiger partial charge >= 0.3 is 5.82 Å². The molecule has 0 aliphatic carbocycles. The van der Waals surface area contributed by atoms with E-state index in [0.717, 1.165) is 0 Å². The average Bonchev–Trinajstić information content (AvgIpc) is 2.26. The van der Waals surface area contributed by atoms with Gasteiger partial charge in [-0.25, -0.2) is 8.78 Å². The molecule has 16 heavy (non-hydrogen) atoms. The Morgan fingerprint density at radius 3 is 2.62 bits per heavy atom. The van der Waals surface area contributed by atoms with Crippen LogP contribution in [-0.4, -0.2) is 16.2 Å². The molecule has 0 aliphatic heterocycles. The van der Waals surface area contributed by atoms with Gasteiger partial charge in [0.05, 0.1) is 0 Å². The van der Waals surface area contributed by atoms with E-state index in [1.165, 1.54) is 6.07 Å². The van der Waals surface area contributed by atoms with Crippen molar-refractivity contribution in [3.8, 4) is 6.07 Å². The van der Waals surface area contributed by atoms with E-state index in [1.54, 1.807) is 0 Å². The average molecular weight is 227 g/mol. The fourth-order valence-electron chi connectivity index (χ4n) is 1.02. The molecule has 0 aromatic carbocycles. The van der Waals surface area contributed by atoms with Crippen LogP contribution in [0.1, 0.15) is 28.0 Å². The number of hydrogen-bond donors (Lipinski definition) is 0. The summed E-state index contributed by atoms with van der Waals surface area (Å²) in [6.07, 6.45) is -3.04. The number of aldehydes is 1. The van der Waals surface area contributed by atoms with E-state index in [0.29, 0.717) is 6.07 Å².